The maximum Gasteiger partial charge on any atom is 0.411 e. The Morgan fingerprint density at radius 1 is 0.571 bits per heavy atom. The first-order valence-corrected chi connectivity index (χ1v) is 30.8. The first-order chi connectivity index (χ1) is 43.7. The summed E-state index contributed by atoms with van der Waals surface area (Å²) in [6.45, 7) is 14.0. The number of aliphatic carboxylic acids is 1. The molecule has 2 rings (SSSR count). The lowest BCUT2D eigenvalue weighted by Crippen LogP contribution is -2.50. The lowest BCUT2D eigenvalue weighted by molar-refractivity contribution is -0.141. The highest BCUT2D eigenvalue weighted by Gasteiger charge is 2.26. The van der Waals surface area contributed by atoms with Crippen molar-refractivity contribution in [1.82, 2.24) is 36.8 Å². The number of hydrogen-bond acceptors (Lipinski definition) is 22. The summed E-state index contributed by atoms with van der Waals surface area (Å²) in [5, 5.41) is 38.0. The Morgan fingerprint density at radius 3 is 1.60 bits per heavy atom. The molecule has 0 spiro atoms. The summed E-state index contributed by atoms with van der Waals surface area (Å²) in [4.78, 5) is 123. The van der Waals surface area contributed by atoms with Crippen LogP contribution in [-0.2, 0) is 96.9 Å². The fraction of sp³-hybridized carbons (Fsp3) is 0.700. The number of carbonyl (C=O) groups excluding carboxylic acids is 9. The molecule has 31 heteroatoms. The van der Waals surface area contributed by atoms with Gasteiger partial charge in [-0.25, -0.2) is 9.59 Å². The maximum atomic E-state index is 12.9. The molecule has 1 aromatic carbocycles. The highest BCUT2D eigenvalue weighted by atomic mass is 16.6. The van der Waals surface area contributed by atoms with Gasteiger partial charge in [-0.3, -0.25) is 48.6 Å². The number of nitrogens with zero attached hydrogens (tertiary/aromatic N) is 1. The van der Waals surface area contributed by atoms with Gasteiger partial charge in [-0.15, -0.1) is 0 Å². The molecular formula is C60H98N8O23. The van der Waals surface area contributed by atoms with E-state index in [1.807, 2.05) is 6.92 Å². The molecule has 3 atom stereocenters. The number of imide groups is 1. The van der Waals surface area contributed by atoms with Gasteiger partial charge in [-0.1, -0.05) is 26.3 Å². The second-order valence-corrected chi connectivity index (χ2v) is 21.5. The normalized spacial score (nSPS) is 13.0. The molecule has 1 heterocycles. The number of amides is 9. The van der Waals surface area contributed by atoms with E-state index in [9.17, 15) is 58.2 Å². The summed E-state index contributed by atoms with van der Waals surface area (Å²) in [6, 6.07) is 3.00. The largest absolute Gasteiger partial charge is 0.506 e. The third-order valence-corrected chi connectivity index (χ3v) is 12.5. The Morgan fingerprint density at radius 2 is 1.08 bits per heavy atom. The number of alkyl carbamates (subject to hydrolysis) is 1. The van der Waals surface area contributed by atoms with Gasteiger partial charge in [0.15, 0.2) is 0 Å². The number of phenols is 1. The molecule has 516 valence electrons. The third-order valence-electron chi connectivity index (χ3n) is 12.5. The van der Waals surface area contributed by atoms with Gasteiger partial charge >= 0.3 is 18.2 Å². The van der Waals surface area contributed by atoms with E-state index < -0.39 is 84.4 Å². The van der Waals surface area contributed by atoms with Crippen LogP contribution in [0, 0.1) is 5.92 Å². The minimum atomic E-state index is -1.02. The number of benzene rings is 1. The van der Waals surface area contributed by atoms with Crippen LogP contribution in [0.5, 0.6) is 5.75 Å². The van der Waals surface area contributed by atoms with Crippen molar-refractivity contribution in [3.05, 3.63) is 35.9 Å². The Balaban J connectivity index is 1.36. The SMILES string of the molecule is CCCCNC(=O)[C@H](CCCCNC(=O)COCCOCCOCCOCCOCCOCCOCCOCCOCCOC(=O)Nc1cc(C[C@@H](C[C@H](C)C(=O)O)NC(=O)OC(C)(C)C)ccc1O)NC(=O)CNC(=O)CNC(=O)CCCN1C(=O)C=CC1=O. The molecule has 0 aliphatic carbocycles. The second-order valence-electron chi connectivity index (χ2n) is 21.5. The number of rotatable bonds is 54. The molecule has 0 radical (unpaired) electrons. The van der Waals surface area contributed by atoms with Crippen LogP contribution >= 0.6 is 0 Å². The number of anilines is 1. The van der Waals surface area contributed by atoms with Crippen molar-refractivity contribution < 1.29 is 110 Å². The number of aromatic hydroxyl groups is 1. The molecule has 0 bridgehead atoms. The Labute approximate surface area is 532 Å². The molecule has 9 amide bonds. The number of phenolic OH excluding ortho intramolecular Hbond substituents is 1. The predicted octanol–water partition coefficient (Wildman–Crippen LogP) is 1.26. The van der Waals surface area contributed by atoms with Gasteiger partial charge in [-0.05, 0) is 83.4 Å². The van der Waals surface area contributed by atoms with Gasteiger partial charge in [0, 0.05) is 44.2 Å². The molecule has 1 aromatic rings. The first-order valence-electron chi connectivity index (χ1n) is 30.8. The fourth-order valence-corrected chi connectivity index (χ4v) is 7.89. The standard InChI is InChI=1S/C60H98N8O23/c1-6-7-17-62-56(76)47(66-52(72)42-64-51(71)41-63-50(70)12-10-19-68-54(74)15-16-55(68)75)11-8-9-18-61-53(73)43-89-35-34-87-31-30-85-27-26-83-23-22-81-20-21-82-24-25-84-28-29-86-32-33-88-36-37-90-58(79)67-48-40-45(13-14-49(48)69)39-46(38-44(2)57(77)78)65-59(80)91-60(3,4)5/h13-16,40,44,46-47,69H,6-12,17-39,41-43H2,1-5H3,(H,61,73)(H,62,76)(H,63,70)(H,64,71)(H,65,80)(H,66,72)(H,67,79)(H,77,78)/t44-,46+,47-/m0/s1. The van der Waals surface area contributed by atoms with Crippen molar-refractivity contribution in [1.29, 1.82) is 0 Å². The number of hydrogen-bond donors (Lipinski definition) is 9. The van der Waals surface area contributed by atoms with Crippen LogP contribution in [0.25, 0.3) is 0 Å². The predicted molar refractivity (Wildman–Crippen MR) is 327 cm³/mol. The minimum Gasteiger partial charge on any atom is -0.506 e. The molecule has 0 saturated heterocycles. The van der Waals surface area contributed by atoms with Crippen LogP contribution < -0.4 is 37.2 Å². The summed E-state index contributed by atoms with van der Waals surface area (Å²) < 4.78 is 59.8. The van der Waals surface area contributed by atoms with E-state index in [-0.39, 0.29) is 102 Å². The van der Waals surface area contributed by atoms with Crippen LogP contribution in [0.2, 0.25) is 0 Å². The lowest BCUT2D eigenvalue weighted by Gasteiger charge is -2.25. The summed E-state index contributed by atoms with van der Waals surface area (Å²) in [7, 11) is 0. The van der Waals surface area contributed by atoms with Crippen LogP contribution in [0.1, 0.15) is 91.5 Å². The van der Waals surface area contributed by atoms with E-state index in [4.69, 9.17) is 52.1 Å². The van der Waals surface area contributed by atoms with E-state index in [0.29, 0.717) is 117 Å². The van der Waals surface area contributed by atoms with Gasteiger partial charge in [0.25, 0.3) is 11.8 Å². The van der Waals surface area contributed by atoms with Crippen LogP contribution in [0.3, 0.4) is 0 Å². The van der Waals surface area contributed by atoms with Gasteiger partial charge in [0.2, 0.25) is 29.5 Å². The Hall–Kier alpha value is -7.10. The number of unbranched alkanes of at least 4 members (excludes halogenated alkanes) is 2. The number of carboxylic acid groups (broad SMARTS) is 1. The number of nitrogens with one attached hydrogen (secondary N) is 7. The Bertz CT molecular complexity index is 2340. The summed E-state index contributed by atoms with van der Waals surface area (Å²) in [5.74, 6) is -5.26. The van der Waals surface area contributed by atoms with E-state index in [0.717, 1.165) is 29.9 Å². The highest BCUT2D eigenvalue weighted by Crippen LogP contribution is 2.26. The molecule has 31 nitrogen and oxygen atoms in total. The van der Waals surface area contributed by atoms with Crippen molar-refractivity contribution in [2.24, 2.45) is 5.92 Å². The molecule has 0 unspecified atom stereocenters. The van der Waals surface area contributed by atoms with Crippen molar-refractivity contribution in [3.8, 4) is 5.75 Å². The monoisotopic (exact) mass is 1300 g/mol. The minimum absolute atomic E-state index is 0.0210. The van der Waals surface area contributed by atoms with E-state index >= 15 is 0 Å². The molecule has 0 fully saturated rings. The van der Waals surface area contributed by atoms with Gasteiger partial charge in [0.05, 0.1) is 137 Å². The molecule has 1 aliphatic rings. The average molecular weight is 1300 g/mol. The van der Waals surface area contributed by atoms with Gasteiger partial charge in [-0.2, -0.15) is 0 Å². The Kier molecular flexibility index (Phi) is 43.6. The second kappa shape index (κ2) is 49.6. The highest BCUT2D eigenvalue weighted by molar-refractivity contribution is 6.12. The molecule has 0 saturated carbocycles. The molecule has 1 aliphatic heterocycles. The van der Waals surface area contributed by atoms with Crippen molar-refractivity contribution in [3.63, 3.8) is 0 Å². The lowest BCUT2D eigenvalue weighted by atomic mass is 9.96. The van der Waals surface area contributed by atoms with Crippen LogP contribution in [-0.4, -0.2) is 251 Å². The van der Waals surface area contributed by atoms with Crippen molar-refractivity contribution >= 4 is 65.2 Å². The zero-order chi connectivity index (χ0) is 66.9. The van der Waals surface area contributed by atoms with Crippen LogP contribution in [0.4, 0.5) is 15.3 Å². The van der Waals surface area contributed by atoms with Gasteiger partial charge in [0.1, 0.15) is 30.6 Å². The van der Waals surface area contributed by atoms with E-state index in [1.54, 1.807) is 26.8 Å². The van der Waals surface area contributed by atoms with Gasteiger partial charge < -0.3 is 94.2 Å². The smallest absolute Gasteiger partial charge is 0.411 e. The number of carbonyl (C=O) groups is 10. The third kappa shape index (κ3) is 42.6. The fourth-order valence-electron chi connectivity index (χ4n) is 7.89. The van der Waals surface area contributed by atoms with Crippen molar-refractivity contribution in [2.75, 3.05) is 164 Å². The maximum absolute atomic E-state index is 12.9. The molecular weight excluding hydrogens is 1200 g/mol. The molecule has 91 heavy (non-hydrogen) atoms. The summed E-state index contributed by atoms with van der Waals surface area (Å²) in [5.41, 5.74) is -0.0744. The number of ether oxygens (including phenoxy) is 11. The number of carboxylic acids is 1. The molecule has 0 aromatic heterocycles. The quantitative estimate of drug-likeness (QED) is 0.0252. The average Bonchev–Trinajstić information content (AvgIpc) is 3.03. The van der Waals surface area contributed by atoms with E-state index in [1.165, 1.54) is 19.1 Å². The topological polar surface area (TPSA) is 400 Å². The van der Waals surface area contributed by atoms with Crippen LogP contribution in [0.15, 0.2) is 30.4 Å². The summed E-state index contributed by atoms with van der Waals surface area (Å²) >= 11 is 0. The molecule has 9 N–H and O–H groups in total. The van der Waals surface area contributed by atoms with E-state index in [2.05, 4.69) is 37.2 Å². The van der Waals surface area contributed by atoms with Crippen molar-refractivity contribution in [2.45, 2.75) is 110 Å². The summed E-state index contributed by atoms with van der Waals surface area (Å²) in [6.07, 6.45) is 4.21. The zero-order valence-corrected chi connectivity index (χ0v) is 53.4. The first kappa shape index (κ1) is 80.0. The zero-order valence-electron chi connectivity index (χ0n) is 53.4.